The van der Waals surface area contributed by atoms with Crippen LogP contribution in [0.2, 0.25) is 0 Å². The molecule has 0 aliphatic heterocycles. The Morgan fingerprint density at radius 3 is 2.35 bits per heavy atom. The fourth-order valence-corrected chi connectivity index (χ4v) is 2.72. The molecule has 0 radical (unpaired) electrons. The van der Waals surface area contributed by atoms with Crippen molar-refractivity contribution in [1.29, 1.82) is 0 Å². The average molecular weight is 349 g/mol. The van der Waals surface area contributed by atoms with E-state index < -0.39 is 0 Å². The second-order valence-electron chi connectivity index (χ2n) is 6.10. The predicted molar refractivity (Wildman–Crippen MR) is 102 cm³/mol. The number of nitrogens with zero attached hydrogens (tertiary/aromatic N) is 2. The summed E-state index contributed by atoms with van der Waals surface area (Å²) in [6, 6.07) is 18.3. The number of rotatable bonds is 8. The highest BCUT2D eigenvalue weighted by Gasteiger charge is 2.03. The number of hydrogen-bond acceptors (Lipinski definition) is 3. The first-order valence-corrected chi connectivity index (χ1v) is 8.81. The SMILES string of the molecule is O=C(NCCc1ncn[nH]1)Nc1ccc(CCCc2ccccc2)cc1. The Balaban J connectivity index is 1.37. The van der Waals surface area contributed by atoms with Crippen LogP contribution in [0.3, 0.4) is 0 Å². The van der Waals surface area contributed by atoms with E-state index in [1.165, 1.54) is 17.5 Å². The van der Waals surface area contributed by atoms with E-state index in [-0.39, 0.29) is 6.03 Å². The molecule has 0 atom stereocenters. The number of hydrogen-bond donors (Lipinski definition) is 3. The Labute approximate surface area is 153 Å². The summed E-state index contributed by atoms with van der Waals surface area (Å²) in [4.78, 5) is 15.9. The van der Waals surface area contributed by atoms with Gasteiger partial charge >= 0.3 is 6.03 Å². The maximum absolute atomic E-state index is 11.9. The van der Waals surface area contributed by atoms with Gasteiger partial charge in [0.15, 0.2) is 0 Å². The van der Waals surface area contributed by atoms with Gasteiger partial charge in [0.25, 0.3) is 0 Å². The summed E-state index contributed by atoms with van der Waals surface area (Å²) in [7, 11) is 0. The maximum Gasteiger partial charge on any atom is 0.319 e. The third-order valence-electron chi connectivity index (χ3n) is 4.10. The predicted octanol–water partition coefficient (Wildman–Crippen LogP) is 3.34. The summed E-state index contributed by atoms with van der Waals surface area (Å²) in [6.07, 6.45) is 5.29. The van der Waals surface area contributed by atoms with Gasteiger partial charge in [0.2, 0.25) is 0 Å². The number of benzene rings is 2. The molecule has 0 unspecified atom stereocenters. The van der Waals surface area contributed by atoms with Gasteiger partial charge in [-0.2, -0.15) is 5.10 Å². The number of aromatic nitrogens is 3. The Morgan fingerprint density at radius 1 is 0.923 bits per heavy atom. The summed E-state index contributed by atoms with van der Waals surface area (Å²) in [5, 5.41) is 12.2. The third-order valence-corrected chi connectivity index (χ3v) is 4.10. The molecule has 0 saturated carbocycles. The maximum atomic E-state index is 11.9. The topological polar surface area (TPSA) is 82.7 Å². The van der Waals surface area contributed by atoms with Gasteiger partial charge in [0.1, 0.15) is 12.2 Å². The van der Waals surface area contributed by atoms with Crippen molar-refractivity contribution in [1.82, 2.24) is 20.5 Å². The van der Waals surface area contributed by atoms with Crippen LogP contribution in [0, 0.1) is 0 Å². The smallest absolute Gasteiger partial charge is 0.319 e. The van der Waals surface area contributed by atoms with Crippen molar-refractivity contribution in [3.8, 4) is 0 Å². The van der Waals surface area contributed by atoms with Crippen molar-refractivity contribution in [2.45, 2.75) is 25.7 Å². The van der Waals surface area contributed by atoms with Gasteiger partial charge in [-0.1, -0.05) is 42.5 Å². The van der Waals surface area contributed by atoms with E-state index in [1.807, 2.05) is 18.2 Å². The van der Waals surface area contributed by atoms with E-state index in [9.17, 15) is 4.79 Å². The monoisotopic (exact) mass is 349 g/mol. The van der Waals surface area contributed by atoms with Crippen LogP contribution in [0.25, 0.3) is 0 Å². The standard InChI is InChI=1S/C20H23N5O/c26-20(21-14-13-19-22-15-23-25-19)24-18-11-9-17(10-12-18)8-4-7-16-5-2-1-3-6-16/h1-3,5-6,9-12,15H,4,7-8,13-14H2,(H2,21,24,26)(H,22,23,25). The largest absolute Gasteiger partial charge is 0.337 e. The lowest BCUT2D eigenvalue weighted by Gasteiger charge is -2.08. The molecule has 6 nitrogen and oxygen atoms in total. The van der Waals surface area contributed by atoms with Crippen LogP contribution in [-0.4, -0.2) is 27.8 Å². The van der Waals surface area contributed by atoms with Gasteiger partial charge in [0, 0.05) is 18.7 Å². The number of carbonyl (C=O) groups is 1. The van der Waals surface area contributed by atoms with E-state index in [2.05, 4.69) is 62.2 Å². The molecule has 0 fully saturated rings. The van der Waals surface area contributed by atoms with Crippen LogP contribution in [0.4, 0.5) is 10.5 Å². The van der Waals surface area contributed by atoms with Crippen molar-refractivity contribution in [2.75, 3.05) is 11.9 Å². The van der Waals surface area contributed by atoms with E-state index in [0.29, 0.717) is 13.0 Å². The molecule has 0 aliphatic rings. The molecule has 3 N–H and O–H groups in total. The molecular formula is C20H23N5O. The average Bonchev–Trinajstić information content (AvgIpc) is 3.18. The lowest BCUT2D eigenvalue weighted by atomic mass is 10.0. The van der Waals surface area contributed by atoms with E-state index in [1.54, 1.807) is 0 Å². The highest BCUT2D eigenvalue weighted by atomic mass is 16.2. The molecular weight excluding hydrogens is 326 g/mol. The van der Waals surface area contributed by atoms with Gasteiger partial charge in [0.05, 0.1) is 0 Å². The molecule has 0 bridgehead atoms. The quantitative estimate of drug-likeness (QED) is 0.583. The number of anilines is 1. The highest BCUT2D eigenvalue weighted by molar-refractivity contribution is 5.89. The molecule has 134 valence electrons. The Bertz CT molecular complexity index is 785. The van der Waals surface area contributed by atoms with Gasteiger partial charge in [-0.15, -0.1) is 0 Å². The van der Waals surface area contributed by atoms with Crippen molar-refractivity contribution in [2.24, 2.45) is 0 Å². The summed E-state index contributed by atoms with van der Waals surface area (Å²) in [6.45, 7) is 0.499. The van der Waals surface area contributed by atoms with Crippen molar-refractivity contribution in [3.63, 3.8) is 0 Å². The summed E-state index contributed by atoms with van der Waals surface area (Å²) < 4.78 is 0. The van der Waals surface area contributed by atoms with Gasteiger partial charge in [-0.25, -0.2) is 9.78 Å². The molecule has 0 aliphatic carbocycles. The molecule has 0 spiro atoms. The minimum atomic E-state index is -0.221. The Hall–Kier alpha value is -3.15. The molecule has 2 amide bonds. The molecule has 1 heterocycles. The van der Waals surface area contributed by atoms with E-state index >= 15 is 0 Å². The first kappa shape index (κ1) is 17.7. The van der Waals surface area contributed by atoms with E-state index in [4.69, 9.17) is 0 Å². The van der Waals surface area contributed by atoms with Crippen molar-refractivity contribution >= 4 is 11.7 Å². The molecule has 3 rings (SSSR count). The van der Waals surface area contributed by atoms with Crippen LogP contribution in [-0.2, 0) is 19.3 Å². The Morgan fingerprint density at radius 2 is 1.65 bits per heavy atom. The molecule has 0 saturated heterocycles. The molecule has 6 heteroatoms. The van der Waals surface area contributed by atoms with Crippen LogP contribution in [0.5, 0.6) is 0 Å². The minimum Gasteiger partial charge on any atom is -0.337 e. The second kappa shape index (κ2) is 9.36. The number of aromatic amines is 1. The zero-order valence-corrected chi connectivity index (χ0v) is 14.6. The van der Waals surface area contributed by atoms with Crippen molar-refractivity contribution in [3.05, 3.63) is 77.9 Å². The van der Waals surface area contributed by atoms with Crippen LogP contribution >= 0.6 is 0 Å². The van der Waals surface area contributed by atoms with Crippen LogP contribution in [0.15, 0.2) is 60.9 Å². The van der Waals surface area contributed by atoms with Crippen LogP contribution in [0.1, 0.15) is 23.4 Å². The minimum absolute atomic E-state index is 0.221. The molecule has 3 aromatic rings. The third kappa shape index (κ3) is 5.73. The molecule has 1 aromatic heterocycles. The molecule has 26 heavy (non-hydrogen) atoms. The van der Waals surface area contributed by atoms with E-state index in [0.717, 1.165) is 30.8 Å². The summed E-state index contributed by atoms with van der Waals surface area (Å²) in [5.41, 5.74) is 3.43. The number of amides is 2. The van der Waals surface area contributed by atoms with Gasteiger partial charge in [-0.05, 0) is 42.5 Å². The fraction of sp³-hybridized carbons (Fsp3) is 0.250. The van der Waals surface area contributed by atoms with Crippen LogP contribution < -0.4 is 10.6 Å². The lowest BCUT2D eigenvalue weighted by Crippen LogP contribution is -2.30. The van der Waals surface area contributed by atoms with Gasteiger partial charge < -0.3 is 10.6 Å². The number of urea groups is 1. The number of aryl methyl sites for hydroxylation is 2. The Kier molecular flexibility index (Phi) is 6.36. The number of carbonyl (C=O) groups excluding carboxylic acids is 1. The molecule has 2 aromatic carbocycles. The zero-order valence-electron chi connectivity index (χ0n) is 14.6. The number of H-pyrrole nitrogens is 1. The fourth-order valence-electron chi connectivity index (χ4n) is 2.72. The lowest BCUT2D eigenvalue weighted by molar-refractivity contribution is 0.252. The second-order valence-corrected chi connectivity index (χ2v) is 6.10. The normalized spacial score (nSPS) is 10.5. The van der Waals surface area contributed by atoms with Crippen molar-refractivity contribution < 1.29 is 4.79 Å². The summed E-state index contributed by atoms with van der Waals surface area (Å²) >= 11 is 0. The first-order chi connectivity index (χ1) is 12.8. The first-order valence-electron chi connectivity index (χ1n) is 8.81. The number of nitrogens with one attached hydrogen (secondary N) is 3. The zero-order chi connectivity index (χ0) is 18.0. The van der Waals surface area contributed by atoms with Gasteiger partial charge in [-0.3, -0.25) is 5.10 Å². The summed E-state index contributed by atoms with van der Waals surface area (Å²) in [5.74, 6) is 0.755. The highest BCUT2D eigenvalue weighted by Crippen LogP contribution is 2.12.